The van der Waals surface area contributed by atoms with Crippen LogP contribution >= 0.6 is 0 Å². The molecule has 8 aromatic rings. The maximum atomic E-state index is 14.9. The van der Waals surface area contributed by atoms with Crippen molar-refractivity contribution in [3.8, 4) is 74.4 Å². The molecule has 10 heterocycles. The molecule has 22 heteroatoms. The number of ether oxygens (including phenoxy) is 5. The minimum atomic E-state index is -3.36. The Kier molecular flexibility index (Phi) is 16.8. The van der Waals surface area contributed by atoms with Gasteiger partial charge in [0.25, 0.3) is 0 Å². The van der Waals surface area contributed by atoms with Crippen LogP contribution in [0.3, 0.4) is 0 Å². The number of anilines is 3. The van der Waals surface area contributed by atoms with Gasteiger partial charge >= 0.3 is 5.92 Å². The summed E-state index contributed by atoms with van der Waals surface area (Å²) in [5.74, 6) is -2.44. The number of β-amino-alcohol motifs (C(OH)–C–C–N with tert-alkyl or cyclic N) is 1. The van der Waals surface area contributed by atoms with E-state index in [1.807, 2.05) is 42.5 Å². The summed E-state index contributed by atoms with van der Waals surface area (Å²) in [6, 6.07) is 36.8. The van der Waals surface area contributed by atoms with Gasteiger partial charge in [0.05, 0.1) is 105 Å². The molecule has 6 fully saturated rings. The Morgan fingerprint density at radius 2 is 1.12 bits per heavy atom. The lowest BCUT2D eigenvalue weighted by Crippen LogP contribution is -2.56. The number of carbonyl (C=O) groups excluding carboxylic acids is 1. The van der Waals surface area contributed by atoms with Crippen molar-refractivity contribution in [2.24, 2.45) is 0 Å². The van der Waals surface area contributed by atoms with Crippen LogP contribution in [0.1, 0.15) is 24.0 Å². The maximum absolute atomic E-state index is 14.9. The van der Waals surface area contributed by atoms with Crippen LogP contribution in [0.5, 0.6) is 17.2 Å². The van der Waals surface area contributed by atoms with E-state index >= 15 is 0 Å². The van der Waals surface area contributed by atoms with Crippen molar-refractivity contribution in [2.45, 2.75) is 43.1 Å². The third-order valence-corrected chi connectivity index (χ3v) is 18.2. The molecule has 0 radical (unpaired) electrons. The second-order valence-electron chi connectivity index (χ2n) is 23.5. The number of alkyl halides is 2. The molecule has 0 aliphatic carbocycles. The largest absolute Gasteiger partial charge is 0.495 e. The summed E-state index contributed by atoms with van der Waals surface area (Å²) in [6.45, 7) is 10.8. The number of aliphatic hydroxyl groups is 2. The summed E-state index contributed by atoms with van der Waals surface area (Å²) in [5, 5.41) is 40.7. The van der Waals surface area contributed by atoms with Crippen LogP contribution in [-0.4, -0.2) is 207 Å². The molecule has 4 N–H and O–H groups in total. The number of amides is 1. The number of pyridine rings is 2. The number of aromatic amines is 2. The number of likely N-dealkylation sites (tertiary alicyclic amines) is 1. The number of benzene rings is 4. The lowest BCUT2D eigenvalue weighted by Gasteiger charge is -2.43. The van der Waals surface area contributed by atoms with Gasteiger partial charge in [-0.15, -0.1) is 0 Å². The Bertz CT molecular complexity index is 3990. The molecule has 14 rings (SSSR count). The van der Waals surface area contributed by atoms with Crippen molar-refractivity contribution in [3.63, 3.8) is 0 Å². The standard InChI is InChI=1S/C35H36F2N6O5.C32H34N6O3/c1-46-31-15-22(2-4-29(31)42-12-10-41(11-13-42)25-19-47-20-25)28-16-26-27(40-28)6-8-39-34(26)23-3-5-30(24(14-23)17-38)48-32-7-9-43(33(45)18-44)21-35(32,36)37;1-40-31-15-21(2-5-30(31)37-12-10-36(11-13-37)24-19-41-20-24)28-16-26-27(35-28)6-8-34-32(26)22-3-4-29(23(14-22)17-33)38-9-7-25(39)18-38/h2-6,8,14-16,25,32,40,44H,7,9-13,18-21H2,1H3;2-6,8,14-16,24-25,35,39H,7,9-13,18-20H2,1H3/t;25-/m.1/s1. The molecule has 20 nitrogen and oxygen atoms in total. The van der Waals surface area contributed by atoms with E-state index in [1.54, 1.807) is 38.7 Å². The topological polar surface area (TPSA) is 228 Å². The second kappa shape index (κ2) is 25.3. The normalized spacial score (nSPS) is 19.9. The number of fused-ring (bicyclic) bond motifs is 2. The van der Waals surface area contributed by atoms with Gasteiger partial charge in [-0.1, -0.05) is 18.2 Å². The van der Waals surface area contributed by atoms with Crippen molar-refractivity contribution in [2.75, 3.05) is 140 Å². The number of aromatic nitrogens is 4. The van der Waals surface area contributed by atoms with E-state index in [4.69, 9.17) is 33.8 Å². The van der Waals surface area contributed by atoms with E-state index in [9.17, 15) is 29.2 Å². The number of hydrogen-bond acceptors (Lipinski definition) is 17. The molecule has 6 aliphatic heterocycles. The highest BCUT2D eigenvalue weighted by molar-refractivity contribution is 5.98. The van der Waals surface area contributed by atoms with Gasteiger partial charge in [0.2, 0.25) is 5.91 Å². The first-order valence-electron chi connectivity index (χ1n) is 30.3. The lowest BCUT2D eigenvalue weighted by molar-refractivity contribution is -0.161. The zero-order valence-electron chi connectivity index (χ0n) is 49.7. The predicted molar refractivity (Wildman–Crippen MR) is 334 cm³/mol. The first kappa shape index (κ1) is 59.1. The molecule has 6 saturated heterocycles. The van der Waals surface area contributed by atoms with Crippen molar-refractivity contribution < 1.29 is 47.5 Å². The van der Waals surface area contributed by atoms with Gasteiger partial charge in [0.1, 0.15) is 36.0 Å². The molecule has 4 aromatic carbocycles. The number of piperazine rings is 2. The van der Waals surface area contributed by atoms with Crippen LogP contribution < -0.4 is 28.9 Å². The van der Waals surface area contributed by atoms with Crippen LogP contribution in [0.4, 0.5) is 25.8 Å². The molecule has 460 valence electrons. The lowest BCUT2D eigenvalue weighted by atomic mass is 10.0. The fourth-order valence-corrected chi connectivity index (χ4v) is 13.0. The van der Waals surface area contributed by atoms with Gasteiger partial charge in [-0.2, -0.15) is 10.5 Å². The Balaban J connectivity index is 0.000000166. The molecule has 1 amide bonds. The summed E-state index contributed by atoms with van der Waals surface area (Å²) >= 11 is 0. The zero-order chi connectivity index (χ0) is 61.3. The maximum Gasteiger partial charge on any atom is 0.301 e. The summed E-state index contributed by atoms with van der Waals surface area (Å²) in [4.78, 5) is 40.9. The van der Waals surface area contributed by atoms with E-state index in [0.717, 1.165) is 181 Å². The second-order valence-corrected chi connectivity index (χ2v) is 23.5. The number of carbonyl (C=O) groups is 1. The molecule has 0 saturated carbocycles. The Labute approximate surface area is 513 Å². The molecule has 4 aromatic heterocycles. The number of methoxy groups -OCH3 is 2. The molecule has 6 aliphatic rings. The van der Waals surface area contributed by atoms with Gasteiger partial charge in [-0.3, -0.25) is 24.6 Å². The average Bonchev–Trinajstić information content (AvgIpc) is 1.95. The quantitative estimate of drug-likeness (QED) is 0.0815. The monoisotopic (exact) mass is 1210 g/mol. The van der Waals surface area contributed by atoms with Crippen molar-refractivity contribution in [3.05, 3.63) is 121 Å². The highest BCUT2D eigenvalue weighted by Gasteiger charge is 2.48. The fraction of sp³-hybridized carbons (Fsp3) is 0.388. The number of H-pyrrole nitrogens is 2. The molecular weight excluding hydrogens is 1140 g/mol. The van der Waals surface area contributed by atoms with Crippen molar-refractivity contribution >= 4 is 44.8 Å². The number of aliphatic hydroxyl groups excluding tert-OH is 2. The first-order chi connectivity index (χ1) is 43.4. The minimum Gasteiger partial charge on any atom is -0.495 e. The first-order valence-corrected chi connectivity index (χ1v) is 30.3. The number of hydrogen-bond donors (Lipinski definition) is 4. The summed E-state index contributed by atoms with van der Waals surface area (Å²) in [5.41, 5.74) is 12.3. The van der Waals surface area contributed by atoms with Gasteiger partial charge in [0.15, 0.2) is 6.10 Å². The highest BCUT2D eigenvalue weighted by Crippen LogP contribution is 2.41. The van der Waals surface area contributed by atoms with E-state index < -0.39 is 31.1 Å². The van der Waals surface area contributed by atoms with Crippen LogP contribution in [0.15, 0.2) is 109 Å². The van der Waals surface area contributed by atoms with E-state index in [1.165, 1.54) is 6.07 Å². The van der Waals surface area contributed by atoms with Gasteiger partial charge in [-0.25, -0.2) is 8.78 Å². The van der Waals surface area contributed by atoms with E-state index in [0.29, 0.717) is 35.4 Å². The Morgan fingerprint density at radius 3 is 1.58 bits per heavy atom. The number of nitrogens with one attached hydrogen (secondary N) is 2. The van der Waals surface area contributed by atoms with Gasteiger partial charge < -0.3 is 63.5 Å². The minimum absolute atomic E-state index is 0.0174. The molecule has 89 heavy (non-hydrogen) atoms. The van der Waals surface area contributed by atoms with Gasteiger partial charge in [0, 0.05) is 146 Å². The molecule has 0 bridgehead atoms. The van der Waals surface area contributed by atoms with Crippen molar-refractivity contribution in [1.29, 1.82) is 10.5 Å². The zero-order valence-corrected chi connectivity index (χ0v) is 49.7. The predicted octanol–water partition coefficient (Wildman–Crippen LogP) is 7.77. The van der Waals surface area contributed by atoms with Crippen LogP contribution in [0.25, 0.3) is 66.8 Å². The average molecular weight is 1210 g/mol. The summed E-state index contributed by atoms with van der Waals surface area (Å²) in [6.07, 6.45) is 2.18. The van der Waals surface area contributed by atoms with Crippen LogP contribution in [0, 0.1) is 22.7 Å². The number of piperidine rings is 1. The third-order valence-electron chi connectivity index (χ3n) is 18.2. The van der Waals surface area contributed by atoms with E-state index in [-0.39, 0.29) is 30.4 Å². The molecule has 2 atom stereocenters. The molecule has 0 spiro atoms. The SMILES string of the molecule is COc1cc(-c2cc3c(-c4ccc(N5CC[C@@H](O)C5)c(C#N)c4)nccc3[nH]2)ccc1N1CCN(C2COC2)CC1.COc1cc(-c2cc3c(-c4ccc(OC5CCN(C(=O)CO)CC5(F)F)c(C#N)c4)nccc3[nH]2)ccc1N1CCN(C2COC2)CC1. The molecule has 1 unspecified atom stereocenters. The smallest absolute Gasteiger partial charge is 0.301 e. The summed E-state index contributed by atoms with van der Waals surface area (Å²) < 4.78 is 57.9. The number of nitriles is 2. The van der Waals surface area contributed by atoms with Crippen LogP contribution in [0.2, 0.25) is 0 Å². The van der Waals surface area contributed by atoms with Crippen LogP contribution in [-0.2, 0) is 14.3 Å². The number of rotatable bonds is 14. The Morgan fingerprint density at radius 1 is 0.618 bits per heavy atom. The number of nitrogens with zero attached hydrogens (tertiary/aromatic N) is 10. The number of halogens is 2. The fourth-order valence-electron chi connectivity index (χ4n) is 13.0. The van der Waals surface area contributed by atoms with Crippen molar-refractivity contribution in [1.82, 2.24) is 34.6 Å². The van der Waals surface area contributed by atoms with Gasteiger partial charge in [-0.05, 0) is 85.3 Å². The van der Waals surface area contributed by atoms with E-state index in [2.05, 4.69) is 88.0 Å². The Hall–Kier alpha value is -8.87. The molecular formula is C67H70F2N12O8. The third kappa shape index (κ3) is 12.0. The summed E-state index contributed by atoms with van der Waals surface area (Å²) in [7, 11) is 3.41. The highest BCUT2D eigenvalue weighted by atomic mass is 19.3.